The van der Waals surface area contributed by atoms with Crippen molar-refractivity contribution in [2.24, 2.45) is 0 Å². The summed E-state index contributed by atoms with van der Waals surface area (Å²) in [5, 5.41) is 8.46. The monoisotopic (exact) mass is 166 g/mol. The van der Waals surface area contributed by atoms with Gasteiger partial charge in [0.1, 0.15) is 6.07 Å². The number of ether oxygens (including phenoxy) is 1. The third-order valence-electron chi connectivity index (χ3n) is 1.66. The molecule has 0 aromatic carbocycles. The highest BCUT2D eigenvalue weighted by Gasteiger charge is 2.25. The van der Waals surface area contributed by atoms with E-state index in [1.165, 1.54) is 4.90 Å². The van der Waals surface area contributed by atoms with Crippen molar-refractivity contribution in [3.63, 3.8) is 0 Å². The van der Waals surface area contributed by atoms with Crippen molar-refractivity contribution in [2.75, 3.05) is 13.1 Å². The quantitative estimate of drug-likeness (QED) is 0.573. The average molecular weight is 166 g/mol. The largest absolute Gasteiger partial charge is 0.431 e. The van der Waals surface area contributed by atoms with E-state index in [-0.39, 0.29) is 0 Å². The van der Waals surface area contributed by atoms with Crippen molar-refractivity contribution in [1.82, 2.24) is 4.90 Å². The first kappa shape index (κ1) is 8.60. The molecule has 64 valence electrons. The SMILES string of the molecule is C=CCN1CCC(C#N)OC1=O. The number of amides is 1. The number of carbonyl (C=O) groups excluding carboxylic acids is 1. The molecule has 0 aliphatic carbocycles. The molecule has 1 aliphatic rings. The Morgan fingerprint density at radius 1 is 1.92 bits per heavy atom. The van der Waals surface area contributed by atoms with E-state index in [4.69, 9.17) is 10.00 Å². The van der Waals surface area contributed by atoms with Crippen molar-refractivity contribution >= 4 is 6.09 Å². The van der Waals surface area contributed by atoms with Crippen LogP contribution in [0.5, 0.6) is 0 Å². The maximum atomic E-state index is 11.1. The van der Waals surface area contributed by atoms with Gasteiger partial charge in [-0.1, -0.05) is 6.08 Å². The lowest BCUT2D eigenvalue weighted by Crippen LogP contribution is -2.41. The summed E-state index contributed by atoms with van der Waals surface area (Å²) in [7, 11) is 0. The minimum Gasteiger partial charge on any atom is -0.431 e. The number of hydrogen-bond donors (Lipinski definition) is 0. The molecule has 0 bridgehead atoms. The second-order valence-corrected chi connectivity index (χ2v) is 2.52. The summed E-state index contributed by atoms with van der Waals surface area (Å²) in [6.45, 7) is 4.57. The minimum absolute atomic E-state index is 0.423. The zero-order valence-electron chi connectivity index (χ0n) is 6.69. The highest BCUT2D eigenvalue weighted by Crippen LogP contribution is 2.10. The van der Waals surface area contributed by atoms with E-state index in [0.29, 0.717) is 19.5 Å². The van der Waals surface area contributed by atoms with Gasteiger partial charge in [0.05, 0.1) is 0 Å². The maximum Gasteiger partial charge on any atom is 0.411 e. The Morgan fingerprint density at radius 2 is 2.67 bits per heavy atom. The lowest BCUT2D eigenvalue weighted by atomic mass is 10.2. The molecule has 1 saturated heterocycles. The Morgan fingerprint density at radius 3 is 3.17 bits per heavy atom. The number of hydrogen-bond acceptors (Lipinski definition) is 3. The van der Waals surface area contributed by atoms with Crippen LogP contribution in [0.4, 0.5) is 4.79 Å². The summed E-state index contributed by atoms with van der Waals surface area (Å²) in [6.07, 6.45) is 1.22. The third-order valence-corrected chi connectivity index (χ3v) is 1.66. The molecule has 1 heterocycles. The average Bonchev–Trinajstić information content (AvgIpc) is 2.09. The Kier molecular flexibility index (Phi) is 2.70. The molecular formula is C8H10N2O2. The van der Waals surface area contributed by atoms with Gasteiger partial charge < -0.3 is 9.64 Å². The van der Waals surface area contributed by atoms with Gasteiger partial charge in [0.25, 0.3) is 0 Å². The Balaban J connectivity index is 2.49. The number of nitriles is 1. The molecule has 1 amide bonds. The topological polar surface area (TPSA) is 53.3 Å². The standard InChI is InChI=1S/C8H10N2O2/c1-2-4-10-5-3-7(6-9)12-8(10)11/h2,7H,1,3-5H2. The molecule has 0 N–H and O–H groups in total. The smallest absolute Gasteiger partial charge is 0.411 e. The van der Waals surface area contributed by atoms with Crippen molar-refractivity contribution < 1.29 is 9.53 Å². The van der Waals surface area contributed by atoms with Crippen LogP contribution in [0.3, 0.4) is 0 Å². The minimum atomic E-state index is -0.571. The molecule has 1 atom stereocenters. The van der Waals surface area contributed by atoms with Crippen molar-refractivity contribution in [3.05, 3.63) is 12.7 Å². The maximum absolute atomic E-state index is 11.1. The first-order chi connectivity index (χ1) is 5.77. The fourth-order valence-electron chi connectivity index (χ4n) is 1.03. The van der Waals surface area contributed by atoms with Gasteiger partial charge >= 0.3 is 6.09 Å². The van der Waals surface area contributed by atoms with Crippen LogP contribution in [0.15, 0.2) is 12.7 Å². The predicted molar refractivity (Wildman–Crippen MR) is 42.3 cm³/mol. The summed E-state index contributed by atoms with van der Waals surface area (Å²) >= 11 is 0. The first-order valence-electron chi connectivity index (χ1n) is 3.74. The molecule has 12 heavy (non-hydrogen) atoms. The lowest BCUT2D eigenvalue weighted by Gasteiger charge is -2.27. The van der Waals surface area contributed by atoms with Gasteiger partial charge in [-0.3, -0.25) is 0 Å². The van der Waals surface area contributed by atoms with Crippen LogP contribution in [-0.4, -0.2) is 30.2 Å². The van der Waals surface area contributed by atoms with Gasteiger partial charge in [-0.25, -0.2) is 4.79 Å². The zero-order valence-corrected chi connectivity index (χ0v) is 6.69. The van der Waals surface area contributed by atoms with Crippen LogP contribution in [0.2, 0.25) is 0 Å². The van der Waals surface area contributed by atoms with Crippen LogP contribution in [0, 0.1) is 11.3 Å². The molecule has 0 radical (unpaired) electrons. The molecule has 4 heteroatoms. The second kappa shape index (κ2) is 3.77. The number of rotatable bonds is 2. The van der Waals surface area contributed by atoms with Crippen molar-refractivity contribution in [2.45, 2.75) is 12.5 Å². The molecule has 1 unspecified atom stereocenters. The van der Waals surface area contributed by atoms with Gasteiger partial charge in [0.15, 0.2) is 6.10 Å². The molecule has 0 spiro atoms. The van der Waals surface area contributed by atoms with Crippen LogP contribution < -0.4 is 0 Å². The fraction of sp³-hybridized carbons (Fsp3) is 0.500. The molecule has 0 aromatic rings. The Labute approximate surface area is 71.0 Å². The molecule has 0 aromatic heterocycles. The van der Waals surface area contributed by atoms with E-state index < -0.39 is 12.2 Å². The third kappa shape index (κ3) is 1.76. The Bertz CT molecular complexity index is 232. The highest BCUT2D eigenvalue weighted by molar-refractivity contribution is 5.69. The Hall–Kier alpha value is -1.50. The van der Waals surface area contributed by atoms with Crippen LogP contribution in [0.1, 0.15) is 6.42 Å². The highest BCUT2D eigenvalue weighted by atomic mass is 16.6. The van der Waals surface area contributed by atoms with Crippen LogP contribution in [0.25, 0.3) is 0 Å². The van der Waals surface area contributed by atoms with Gasteiger partial charge in [0.2, 0.25) is 0 Å². The summed E-state index contributed by atoms with van der Waals surface area (Å²) in [6, 6.07) is 1.90. The number of nitrogens with zero attached hydrogens (tertiary/aromatic N) is 2. The van der Waals surface area contributed by atoms with E-state index in [1.807, 2.05) is 6.07 Å². The molecule has 4 nitrogen and oxygen atoms in total. The molecular weight excluding hydrogens is 156 g/mol. The normalized spacial score (nSPS) is 22.8. The van der Waals surface area contributed by atoms with Crippen LogP contribution in [-0.2, 0) is 4.74 Å². The first-order valence-corrected chi connectivity index (χ1v) is 3.74. The van der Waals surface area contributed by atoms with E-state index >= 15 is 0 Å². The molecule has 0 saturated carbocycles. The summed E-state index contributed by atoms with van der Waals surface area (Å²) in [4.78, 5) is 12.6. The summed E-state index contributed by atoms with van der Waals surface area (Å²) in [5.74, 6) is 0. The van der Waals surface area contributed by atoms with E-state index in [9.17, 15) is 4.79 Å². The van der Waals surface area contributed by atoms with Gasteiger partial charge in [0, 0.05) is 19.5 Å². The van der Waals surface area contributed by atoms with Gasteiger partial charge in [-0.2, -0.15) is 5.26 Å². The van der Waals surface area contributed by atoms with Gasteiger partial charge in [-0.05, 0) is 0 Å². The molecule has 1 fully saturated rings. The van der Waals surface area contributed by atoms with E-state index in [2.05, 4.69) is 6.58 Å². The summed E-state index contributed by atoms with van der Waals surface area (Å²) in [5.41, 5.74) is 0. The zero-order chi connectivity index (χ0) is 8.97. The number of cyclic esters (lactones) is 1. The van der Waals surface area contributed by atoms with E-state index in [0.717, 1.165) is 0 Å². The van der Waals surface area contributed by atoms with Gasteiger partial charge in [-0.15, -0.1) is 6.58 Å². The second-order valence-electron chi connectivity index (χ2n) is 2.52. The number of carbonyl (C=O) groups is 1. The van der Waals surface area contributed by atoms with Crippen LogP contribution >= 0.6 is 0 Å². The van der Waals surface area contributed by atoms with Crippen molar-refractivity contribution in [3.8, 4) is 6.07 Å². The molecule has 1 rings (SSSR count). The molecule has 1 aliphatic heterocycles. The van der Waals surface area contributed by atoms with Crippen molar-refractivity contribution in [1.29, 1.82) is 5.26 Å². The van der Waals surface area contributed by atoms with E-state index in [1.54, 1.807) is 6.08 Å². The lowest BCUT2D eigenvalue weighted by molar-refractivity contribution is 0.0517. The summed E-state index contributed by atoms with van der Waals surface area (Å²) < 4.78 is 4.78. The predicted octanol–water partition coefficient (Wildman–Crippen LogP) is 0.907. The fourth-order valence-corrected chi connectivity index (χ4v) is 1.03.